The van der Waals surface area contributed by atoms with Crippen LogP contribution in [0.15, 0.2) is 12.7 Å². The molecule has 0 saturated heterocycles. The second-order valence-corrected chi connectivity index (χ2v) is 4.18. The second kappa shape index (κ2) is 5.81. The quantitative estimate of drug-likeness (QED) is 0.523. The molecule has 0 saturated carbocycles. The van der Waals surface area contributed by atoms with Gasteiger partial charge in [-0.05, 0) is 27.2 Å². The van der Waals surface area contributed by atoms with E-state index in [4.69, 9.17) is 4.74 Å². The Labute approximate surface area is 86.5 Å². The largest absolute Gasteiger partial charge is 0.469 e. The zero-order chi connectivity index (χ0) is 11.2. The lowest BCUT2D eigenvalue weighted by molar-refractivity contribution is -0.150. The molecule has 0 radical (unpaired) electrons. The van der Waals surface area contributed by atoms with Crippen LogP contribution in [-0.4, -0.2) is 25.7 Å². The normalized spacial score (nSPS) is 13.4. The lowest BCUT2D eigenvalue weighted by Crippen LogP contribution is -2.40. The van der Waals surface area contributed by atoms with Crippen molar-refractivity contribution in [2.24, 2.45) is 5.41 Å². The monoisotopic (exact) mass is 199 g/mol. The molecule has 0 rings (SSSR count). The summed E-state index contributed by atoms with van der Waals surface area (Å²) >= 11 is 0. The number of carbonyl (C=O) groups excluding carboxylic acids is 1. The van der Waals surface area contributed by atoms with Gasteiger partial charge in [-0.15, -0.1) is 6.58 Å². The van der Waals surface area contributed by atoms with Gasteiger partial charge in [0.15, 0.2) is 0 Å². The molecule has 0 aromatic rings. The maximum absolute atomic E-state index is 11.3. The summed E-state index contributed by atoms with van der Waals surface area (Å²) in [6.07, 6.45) is 2.76. The van der Waals surface area contributed by atoms with E-state index in [2.05, 4.69) is 18.8 Å². The van der Waals surface area contributed by atoms with Crippen molar-refractivity contribution in [2.45, 2.75) is 33.2 Å². The van der Waals surface area contributed by atoms with E-state index >= 15 is 0 Å². The Balaban J connectivity index is 3.98. The van der Waals surface area contributed by atoms with Gasteiger partial charge in [0.05, 0.1) is 12.5 Å². The van der Waals surface area contributed by atoms with Crippen molar-refractivity contribution >= 4 is 5.97 Å². The number of ether oxygens (including phenoxy) is 1. The molecular formula is C11H21NO2. The molecule has 0 spiro atoms. The molecule has 1 atom stereocenters. The fraction of sp³-hybridized carbons (Fsp3) is 0.727. The van der Waals surface area contributed by atoms with Crippen LogP contribution in [0.25, 0.3) is 0 Å². The zero-order valence-electron chi connectivity index (χ0n) is 9.59. The molecule has 0 fully saturated rings. The molecule has 3 heteroatoms. The molecule has 1 N–H and O–H groups in total. The third-order valence-corrected chi connectivity index (χ3v) is 2.15. The molecule has 0 aromatic heterocycles. The van der Waals surface area contributed by atoms with Crippen molar-refractivity contribution in [3.05, 3.63) is 12.7 Å². The Bertz CT molecular complexity index is 199. The van der Waals surface area contributed by atoms with Gasteiger partial charge in [-0.1, -0.05) is 6.08 Å². The Morgan fingerprint density at radius 1 is 1.64 bits per heavy atom. The van der Waals surface area contributed by atoms with Crippen molar-refractivity contribution in [3.63, 3.8) is 0 Å². The van der Waals surface area contributed by atoms with E-state index in [-0.39, 0.29) is 5.97 Å². The van der Waals surface area contributed by atoms with E-state index in [0.717, 1.165) is 6.42 Å². The lowest BCUT2D eigenvalue weighted by Gasteiger charge is -2.24. The van der Waals surface area contributed by atoms with Crippen LogP contribution in [0.3, 0.4) is 0 Å². The van der Waals surface area contributed by atoms with Crippen LogP contribution < -0.4 is 5.32 Å². The average molecular weight is 199 g/mol. The fourth-order valence-electron chi connectivity index (χ4n) is 1.11. The van der Waals surface area contributed by atoms with E-state index in [0.29, 0.717) is 12.6 Å². The summed E-state index contributed by atoms with van der Waals surface area (Å²) in [6, 6.07) is 0.344. The highest BCUT2D eigenvalue weighted by molar-refractivity contribution is 5.76. The van der Waals surface area contributed by atoms with Crippen molar-refractivity contribution in [1.82, 2.24) is 5.32 Å². The molecule has 0 amide bonds. The molecule has 0 heterocycles. The molecule has 14 heavy (non-hydrogen) atoms. The first-order valence-electron chi connectivity index (χ1n) is 4.86. The predicted octanol–water partition coefficient (Wildman–Crippen LogP) is 1.74. The van der Waals surface area contributed by atoms with Crippen molar-refractivity contribution < 1.29 is 9.53 Å². The molecule has 0 bridgehead atoms. The van der Waals surface area contributed by atoms with Gasteiger partial charge >= 0.3 is 5.97 Å². The molecule has 3 nitrogen and oxygen atoms in total. The van der Waals surface area contributed by atoms with Crippen molar-refractivity contribution in [3.8, 4) is 0 Å². The topological polar surface area (TPSA) is 38.3 Å². The predicted molar refractivity (Wildman–Crippen MR) is 58.1 cm³/mol. The van der Waals surface area contributed by atoms with Crippen LogP contribution in [0.1, 0.15) is 27.2 Å². The fourth-order valence-corrected chi connectivity index (χ4v) is 1.11. The summed E-state index contributed by atoms with van der Waals surface area (Å²) in [5.41, 5.74) is -0.468. The second-order valence-electron chi connectivity index (χ2n) is 4.18. The highest BCUT2D eigenvalue weighted by Crippen LogP contribution is 2.15. The number of carbonyl (C=O) groups is 1. The zero-order valence-corrected chi connectivity index (χ0v) is 9.59. The highest BCUT2D eigenvalue weighted by atomic mass is 16.5. The van der Waals surface area contributed by atoms with Crippen molar-refractivity contribution in [2.75, 3.05) is 13.7 Å². The van der Waals surface area contributed by atoms with Gasteiger partial charge in [0, 0.05) is 12.6 Å². The first kappa shape index (κ1) is 13.2. The average Bonchev–Trinajstić information content (AvgIpc) is 2.14. The summed E-state index contributed by atoms with van der Waals surface area (Å²) in [5.74, 6) is -0.184. The standard InChI is InChI=1S/C11H21NO2/c1-6-7-9(2)12-8-11(3,4)10(13)14-5/h6,9,12H,1,7-8H2,2-5H3. The van der Waals surface area contributed by atoms with Crippen LogP contribution >= 0.6 is 0 Å². The minimum absolute atomic E-state index is 0.184. The van der Waals surface area contributed by atoms with E-state index in [1.807, 2.05) is 19.9 Å². The summed E-state index contributed by atoms with van der Waals surface area (Å²) in [6.45, 7) is 10.1. The van der Waals surface area contributed by atoms with Crippen LogP contribution in [0.2, 0.25) is 0 Å². The van der Waals surface area contributed by atoms with E-state index in [1.165, 1.54) is 7.11 Å². The molecule has 1 unspecified atom stereocenters. The van der Waals surface area contributed by atoms with E-state index < -0.39 is 5.41 Å². The highest BCUT2D eigenvalue weighted by Gasteiger charge is 2.28. The molecule has 0 aliphatic carbocycles. The van der Waals surface area contributed by atoms with E-state index in [9.17, 15) is 4.79 Å². The molecule has 0 aliphatic rings. The third-order valence-electron chi connectivity index (χ3n) is 2.15. The van der Waals surface area contributed by atoms with Gasteiger partial charge in [-0.2, -0.15) is 0 Å². The van der Waals surface area contributed by atoms with Crippen LogP contribution in [0.4, 0.5) is 0 Å². The Morgan fingerprint density at radius 3 is 2.64 bits per heavy atom. The third kappa shape index (κ3) is 4.42. The minimum atomic E-state index is -0.468. The van der Waals surface area contributed by atoms with Gasteiger partial charge in [0.25, 0.3) is 0 Å². The van der Waals surface area contributed by atoms with Gasteiger partial charge in [-0.25, -0.2) is 0 Å². The van der Waals surface area contributed by atoms with Crippen LogP contribution in [-0.2, 0) is 9.53 Å². The van der Waals surface area contributed by atoms with Crippen LogP contribution in [0.5, 0.6) is 0 Å². The number of methoxy groups -OCH3 is 1. The van der Waals surface area contributed by atoms with Crippen LogP contribution in [0, 0.1) is 5.41 Å². The van der Waals surface area contributed by atoms with Gasteiger partial charge < -0.3 is 10.1 Å². The number of hydrogen-bond donors (Lipinski definition) is 1. The Kier molecular flexibility index (Phi) is 5.46. The summed E-state index contributed by atoms with van der Waals surface area (Å²) in [4.78, 5) is 11.3. The minimum Gasteiger partial charge on any atom is -0.469 e. The first-order chi connectivity index (χ1) is 6.44. The van der Waals surface area contributed by atoms with Gasteiger partial charge in [0.1, 0.15) is 0 Å². The number of esters is 1. The van der Waals surface area contributed by atoms with E-state index in [1.54, 1.807) is 0 Å². The Hall–Kier alpha value is -0.830. The number of nitrogens with one attached hydrogen (secondary N) is 1. The first-order valence-corrected chi connectivity index (χ1v) is 4.86. The summed E-state index contributed by atoms with van der Waals surface area (Å²) in [5, 5.41) is 3.27. The van der Waals surface area contributed by atoms with Gasteiger partial charge in [-0.3, -0.25) is 4.79 Å². The SMILES string of the molecule is C=CCC(C)NCC(C)(C)C(=O)OC. The Morgan fingerprint density at radius 2 is 2.21 bits per heavy atom. The molecular weight excluding hydrogens is 178 g/mol. The maximum atomic E-state index is 11.3. The molecule has 0 aromatic carbocycles. The number of rotatable bonds is 6. The summed E-state index contributed by atoms with van der Waals surface area (Å²) in [7, 11) is 1.41. The smallest absolute Gasteiger partial charge is 0.312 e. The maximum Gasteiger partial charge on any atom is 0.312 e. The lowest BCUT2D eigenvalue weighted by atomic mass is 9.93. The molecule has 0 aliphatic heterocycles. The summed E-state index contributed by atoms with van der Waals surface area (Å²) < 4.78 is 4.71. The number of hydrogen-bond acceptors (Lipinski definition) is 3. The molecule has 82 valence electrons. The van der Waals surface area contributed by atoms with Gasteiger partial charge in [0.2, 0.25) is 0 Å². The van der Waals surface area contributed by atoms with Crippen molar-refractivity contribution in [1.29, 1.82) is 0 Å².